The van der Waals surface area contributed by atoms with Crippen LogP contribution in [0, 0.1) is 0 Å². The molecule has 0 radical (unpaired) electrons. The van der Waals surface area contributed by atoms with E-state index in [2.05, 4.69) is 20.6 Å². The fourth-order valence-electron chi connectivity index (χ4n) is 2.30. The van der Waals surface area contributed by atoms with E-state index < -0.39 is 5.97 Å². The van der Waals surface area contributed by atoms with Gasteiger partial charge in [-0.05, 0) is 49.4 Å². The average Bonchev–Trinajstić information content (AvgIpc) is 2.64. The van der Waals surface area contributed by atoms with Gasteiger partial charge in [-0.3, -0.25) is 0 Å². The molecule has 1 heterocycles. The van der Waals surface area contributed by atoms with Gasteiger partial charge in [-0.15, -0.1) is 0 Å². The maximum Gasteiger partial charge on any atom is 0.335 e. The predicted octanol–water partition coefficient (Wildman–Crippen LogP) is 4.06. The number of carboxylic acid groups (broad SMARTS) is 1. The lowest BCUT2D eigenvalue weighted by atomic mass is 10.2. The molecule has 0 spiro atoms. The van der Waals surface area contributed by atoms with Gasteiger partial charge in [0.25, 0.3) is 0 Å². The van der Waals surface area contributed by atoms with Gasteiger partial charge >= 0.3 is 5.97 Å². The summed E-state index contributed by atoms with van der Waals surface area (Å²) in [5.41, 5.74) is 1.74. The molecule has 3 N–H and O–H groups in total. The fourth-order valence-corrected chi connectivity index (χ4v) is 2.30. The summed E-state index contributed by atoms with van der Waals surface area (Å²) in [4.78, 5) is 19.5. The molecule has 0 saturated heterocycles. The van der Waals surface area contributed by atoms with Crippen LogP contribution in [0.4, 0.5) is 23.1 Å². The molecular formula is C19H18N4O3. The van der Waals surface area contributed by atoms with Crippen LogP contribution in [-0.2, 0) is 0 Å². The van der Waals surface area contributed by atoms with Gasteiger partial charge in [0, 0.05) is 11.9 Å². The van der Waals surface area contributed by atoms with E-state index in [1.54, 1.807) is 24.4 Å². The van der Waals surface area contributed by atoms with Gasteiger partial charge in [0.1, 0.15) is 11.6 Å². The lowest BCUT2D eigenvalue weighted by Crippen LogP contribution is -2.02. The molecule has 1 aromatic heterocycles. The SMILES string of the molecule is CCOc1ccccc1Nc1nccc(Nc2ccc(C(=O)O)cc2)n1. The Morgan fingerprint density at radius 1 is 1.08 bits per heavy atom. The number of para-hydroxylation sites is 2. The molecule has 3 rings (SSSR count). The number of carbonyl (C=O) groups is 1. The Labute approximate surface area is 150 Å². The topological polar surface area (TPSA) is 96.4 Å². The molecule has 0 atom stereocenters. The third-order valence-electron chi connectivity index (χ3n) is 3.49. The summed E-state index contributed by atoms with van der Waals surface area (Å²) < 4.78 is 5.58. The number of hydrogen-bond donors (Lipinski definition) is 3. The quantitative estimate of drug-likeness (QED) is 0.591. The summed E-state index contributed by atoms with van der Waals surface area (Å²) in [6.07, 6.45) is 1.63. The van der Waals surface area contributed by atoms with Crippen molar-refractivity contribution >= 4 is 29.1 Å². The van der Waals surface area contributed by atoms with Crippen LogP contribution >= 0.6 is 0 Å². The summed E-state index contributed by atoms with van der Waals surface area (Å²) >= 11 is 0. The molecule has 132 valence electrons. The number of hydrogen-bond acceptors (Lipinski definition) is 6. The molecular weight excluding hydrogens is 332 g/mol. The van der Waals surface area contributed by atoms with Gasteiger partial charge in [0.05, 0.1) is 17.9 Å². The Balaban J connectivity index is 1.75. The number of carboxylic acids is 1. The molecule has 0 saturated carbocycles. The van der Waals surface area contributed by atoms with Crippen LogP contribution in [0.1, 0.15) is 17.3 Å². The first-order chi connectivity index (χ1) is 12.7. The zero-order valence-electron chi connectivity index (χ0n) is 14.1. The summed E-state index contributed by atoms with van der Waals surface area (Å²) in [6, 6.07) is 15.7. The summed E-state index contributed by atoms with van der Waals surface area (Å²) in [5.74, 6) is 0.767. The first-order valence-corrected chi connectivity index (χ1v) is 8.08. The summed E-state index contributed by atoms with van der Waals surface area (Å²) in [5, 5.41) is 15.2. The van der Waals surface area contributed by atoms with Crippen molar-refractivity contribution in [2.24, 2.45) is 0 Å². The molecule has 26 heavy (non-hydrogen) atoms. The van der Waals surface area contributed by atoms with Crippen molar-refractivity contribution in [3.8, 4) is 5.75 Å². The number of ether oxygens (including phenoxy) is 1. The molecule has 0 bridgehead atoms. The molecule has 0 aliphatic rings. The second-order valence-corrected chi connectivity index (χ2v) is 5.33. The van der Waals surface area contributed by atoms with Crippen LogP contribution in [0.15, 0.2) is 60.8 Å². The minimum Gasteiger partial charge on any atom is -0.492 e. The average molecular weight is 350 g/mol. The van der Waals surface area contributed by atoms with Gasteiger partial charge in [-0.2, -0.15) is 4.98 Å². The third-order valence-corrected chi connectivity index (χ3v) is 3.49. The third kappa shape index (κ3) is 4.27. The Bertz CT molecular complexity index is 897. The first-order valence-electron chi connectivity index (χ1n) is 8.08. The largest absolute Gasteiger partial charge is 0.492 e. The highest BCUT2D eigenvalue weighted by molar-refractivity contribution is 5.88. The zero-order chi connectivity index (χ0) is 18.4. The van der Waals surface area contributed by atoms with Gasteiger partial charge in [-0.25, -0.2) is 9.78 Å². The fraction of sp³-hybridized carbons (Fsp3) is 0.105. The number of nitrogens with zero attached hydrogens (tertiary/aromatic N) is 2. The second-order valence-electron chi connectivity index (χ2n) is 5.33. The number of anilines is 4. The molecule has 0 unspecified atom stereocenters. The van der Waals surface area contributed by atoms with Gasteiger partial charge in [0.2, 0.25) is 5.95 Å². The summed E-state index contributed by atoms with van der Waals surface area (Å²) in [6.45, 7) is 2.49. The Morgan fingerprint density at radius 2 is 1.85 bits per heavy atom. The van der Waals surface area contributed by atoms with E-state index in [9.17, 15) is 4.79 Å². The highest BCUT2D eigenvalue weighted by Crippen LogP contribution is 2.26. The highest BCUT2D eigenvalue weighted by Gasteiger charge is 2.06. The maximum absolute atomic E-state index is 10.9. The van der Waals surface area contributed by atoms with Gasteiger partial charge < -0.3 is 20.5 Å². The number of aromatic nitrogens is 2. The lowest BCUT2D eigenvalue weighted by Gasteiger charge is -2.12. The number of rotatable bonds is 7. The van der Waals surface area contributed by atoms with Crippen LogP contribution in [0.5, 0.6) is 5.75 Å². The Morgan fingerprint density at radius 3 is 2.58 bits per heavy atom. The highest BCUT2D eigenvalue weighted by atomic mass is 16.5. The standard InChI is InChI=1S/C19H18N4O3/c1-2-26-16-6-4-3-5-15(16)22-19-20-12-11-17(23-19)21-14-9-7-13(8-10-14)18(24)25/h3-12H,2H2,1H3,(H,24,25)(H2,20,21,22,23). The molecule has 0 amide bonds. The number of nitrogens with one attached hydrogen (secondary N) is 2. The van der Waals surface area contributed by atoms with Crippen LogP contribution in [0.25, 0.3) is 0 Å². The first kappa shape index (κ1) is 17.2. The molecule has 2 aromatic carbocycles. The van der Waals surface area contributed by atoms with Gasteiger partial charge in [0.15, 0.2) is 0 Å². The summed E-state index contributed by atoms with van der Waals surface area (Å²) in [7, 11) is 0. The number of benzene rings is 2. The monoisotopic (exact) mass is 350 g/mol. The van der Waals surface area contributed by atoms with Crippen molar-refractivity contribution in [2.75, 3.05) is 17.2 Å². The van der Waals surface area contributed by atoms with Crippen molar-refractivity contribution < 1.29 is 14.6 Å². The van der Waals surface area contributed by atoms with Crippen molar-refractivity contribution in [3.63, 3.8) is 0 Å². The predicted molar refractivity (Wildman–Crippen MR) is 99.6 cm³/mol. The lowest BCUT2D eigenvalue weighted by molar-refractivity contribution is 0.0697. The van der Waals surface area contributed by atoms with Crippen molar-refractivity contribution in [1.82, 2.24) is 9.97 Å². The van der Waals surface area contributed by atoms with E-state index in [0.717, 1.165) is 17.1 Å². The Kier molecular flexibility index (Phi) is 5.28. The van der Waals surface area contributed by atoms with Crippen LogP contribution in [0.2, 0.25) is 0 Å². The van der Waals surface area contributed by atoms with E-state index in [0.29, 0.717) is 18.4 Å². The van der Waals surface area contributed by atoms with Crippen molar-refractivity contribution in [2.45, 2.75) is 6.92 Å². The molecule has 0 fully saturated rings. The van der Waals surface area contributed by atoms with Crippen molar-refractivity contribution in [3.05, 3.63) is 66.4 Å². The Hall–Kier alpha value is -3.61. The van der Waals surface area contributed by atoms with E-state index in [1.807, 2.05) is 31.2 Å². The van der Waals surface area contributed by atoms with Gasteiger partial charge in [-0.1, -0.05) is 12.1 Å². The second kappa shape index (κ2) is 7.98. The minimum absolute atomic E-state index is 0.230. The molecule has 7 heteroatoms. The van der Waals surface area contributed by atoms with E-state index >= 15 is 0 Å². The molecule has 3 aromatic rings. The van der Waals surface area contributed by atoms with Crippen LogP contribution < -0.4 is 15.4 Å². The smallest absolute Gasteiger partial charge is 0.335 e. The van der Waals surface area contributed by atoms with Crippen LogP contribution in [0.3, 0.4) is 0 Å². The molecule has 0 aliphatic carbocycles. The number of aromatic carboxylic acids is 1. The van der Waals surface area contributed by atoms with E-state index in [-0.39, 0.29) is 5.56 Å². The van der Waals surface area contributed by atoms with Crippen molar-refractivity contribution in [1.29, 1.82) is 0 Å². The van der Waals surface area contributed by atoms with E-state index in [1.165, 1.54) is 12.1 Å². The normalized spacial score (nSPS) is 10.2. The molecule has 7 nitrogen and oxygen atoms in total. The molecule has 0 aliphatic heterocycles. The minimum atomic E-state index is -0.960. The van der Waals surface area contributed by atoms with E-state index in [4.69, 9.17) is 9.84 Å². The maximum atomic E-state index is 10.9. The zero-order valence-corrected chi connectivity index (χ0v) is 14.1. The van der Waals surface area contributed by atoms with Crippen LogP contribution in [-0.4, -0.2) is 27.7 Å².